The Labute approximate surface area is 157 Å². The van der Waals surface area contributed by atoms with Crippen molar-refractivity contribution in [3.8, 4) is 5.75 Å². The maximum atomic E-state index is 13.1. The van der Waals surface area contributed by atoms with E-state index in [2.05, 4.69) is 10.1 Å². The van der Waals surface area contributed by atoms with Gasteiger partial charge in [0.25, 0.3) is 10.0 Å². The molecule has 0 saturated carbocycles. The molecule has 2 aromatic rings. The number of hydrogen-bond acceptors (Lipinski definition) is 6. The SMILES string of the molecule is COC(=O)CN(c1cccc(OC)c1)S(=O)(=O)c1ccc(NC(C)=O)cc1. The molecule has 1 N–H and O–H groups in total. The molecule has 2 rings (SSSR count). The normalized spacial score (nSPS) is 10.8. The molecule has 0 bridgehead atoms. The average Bonchev–Trinajstić information content (AvgIpc) is 2.65. The van der Waals surface area contributed by atoms with Crippen LogP contribution in [0.2, 0.25) is 0 Å². The summed E-state index contributed by atoms with van der Waals surface area (Å²) in [5, 5.41) is 2.56. The first-order valence-corrected chi connectivity index (χ1v) is 9.33. The number of sulfonamides is 1. The minimum atomic E-state index is -4.07. The van der Waals surface area contributed by atoms with Crippen LogP contribution in [0.3, 0.4) is 0 Å². The smallest absolute Gasteiger partial charge is 0.326 e. The molecule has 0 aromatic heterocycles. The summed E-state index contributed by atoms with van der Waals surface area (Å²) in [5.74, 6) is -0.538. The number of amides is 1. The molecule has 0 atom stereocenters. The summed E-state index contributed by atoms with van der Waals surface area (Å²) in [6, 6.07) is 12.0. The Hall–Kier alpha value is -3.07. The van der Waals surface area contributed by atoms with Crippen LogP contribution in [-0.2, 0) is 24.3 Å². The number of rotatable bonds is 7. The Morgan fingerprint density at radius 2 is 1.74 bits per heavy atom. The Morgan fingerprint density at radius 3 is 2.30 bits per heavy atom. The fraction of sp³-hybridized carbons (Fsp3) is 0.222. The Bertz CT molecular complexity index is 925. The lowest BCUT2D eigenvalue weighted by Gasteiger charge is -2.24. The van der Waals surface area contributed by atoms with E-state index >= 15 is 0 Å². The van der Waals surface area contributed by atoms with Crippen molar-refractivity contribution in [2.24, 2.45) is 0 Å². The van der Waals surface area contributed by atoms with Gasteiger partial charge < -0.3 is 14.8 Å². The Kier molecular flexibility index (Phi) is 6.40. The summed E-state index contributed by atoms with van der Waals surface area (Å²) in [4.78, 5) is 22.9. The van der Waals surface area contributed by atoms with Crippen LogP contribution in [-0.4, -0.2) is 41.1 Å². The number of esters is 1. The third-order valence-corrected chi connectivity index (χ3v) is 5.39. The van der Waals surface area contributed by atoms with Crippen LogP contribution in [0.25, 0.3) is 0 Å². The van der Waals surface area contributed by atoms with E-state index in [4.69, 9.17) is 4.74 Å². The molecule has 0 fully saturated rings. The summed E-state index contributed by atoms with van der Waals surface area (Å²) in [5.41, 5.74) is 0.716. The highest BCUT2D eigenvalue weighted by atomic mass is 32.2. The number of anilines is 2. The molecule has 144 valence electrons. The van der Waals surface area contributed by atoms with Crippen LogP contribution in [0.15, 0.2) is 53.4 Å². The van der Waals surface area contributed by atoms with Crippen molar-refractivity contribution in [3.63, 3.8) is 0 Å². The number of benzene rings is 2. The van der Waals surface area contributed by atoms with Gasteiger partial charge in [0, 0.05) is 18.7 Å². The van der Waals surface area contributed by atoms with Gasteiger partial charge in [-0.1, -0.05) is 6.07 Å². The lowest BCUT2D eigenvalue weighted by atomic mass is 10.3. The van der Waals surface area contributed by atoms with Crippen LogP contribution < -0.4 is 14.4 Å². The molecule has 0 aliphatic heterocycles. The van der Waals surface area contributed by atoms with E-state index < -0.39 is 22.5 Å². The van der Waals surface area contributed by atoms with Crippen molar-refractivity contribution < 1.29 is 27.5 Å². The molecule has 0 aliphatic carbocycles. The van der Waals surface area contributed by atoms with Crippen molar-refractivity contribution >= 4 is 33.3 Å². The zero-order valence-corrected chi connectivity index (χ0v) is 15.9. The quantitative estimate of drug-likeness (QED) is 0.724. The Morgan fingerprint density at radius 1 is 1.07 bits per heavy atom. The van der Waals surface area contributed by atoms with Gasteiger partial charge in [0.2, 0.25) is 5.91 Å². The van der Waals surface area contributed by atoms with Gasteiger partial charge in [-0.25, -0.2) is 8.42 Å². The predicted octanol–water partition coefficient (Wildman–Crippen LogP) is 2.02. The van der Waals surface area contributed by atoms with Crippen LogP contribution in [0.1, 0.15) is 6.92 Å². The lowest BCUT2D eigenvalue weighted by Crippen LogP contribution is -2.36. The fourth-order valence-electron chi connectivity index (χ4n) is 2.30. The molecule has 0 unspecified atom stereocenters. The number of carbonyl (C=O) groups excluding carboxylic acids is 2. The van der Waals surface area contributed by atoms with Crippen molar-refractivity contribution in [3.05, 3.63) is 48.5 Å². The monoisotopic (exact) mass is 392 g/mol. The van der Waals surface area contributed by atoms with E-state index in [0.29, 0.717) is 11.4 Å². The fourth-order valence-corrected chi connectivity index (χ4v) is 3.70. The molecule has 9 heteroatoms. The third kappa shape index (κ3) is 4.98. The van der Waals surface area contributed by atoms with Gasteiger partial charge in [0.1, 0.15) is 12.3 Å². The first kappa shape index (κ1) is 20.2. The summed E-state index contributed by atoms with van der Waals surface area (Å²) in [6.07, 6.45) is 0. The first-order chi connectivity index (χ1) is 12.8. The van der Waals surface area contributed by atoms with E-state index in [-0.39, 0.29) is 16.5 Å². The van der Waals surface area contributed by atoms with Crippen LogP contribution in [0.5, 0.6) is 5.75 Å². The summed E-state index contributed by atoms with van der Waals surface area (Å²) >= 11 is 0. The second kappa shape index (κ2) is 8.54. The van der Waals surface area contributed by atoms with Crippen molar-refractivity contribution in [2.75, 3.05) is 30.4 Å². The molecular weight excluding hydrogens is 372 g/mol. The number of ether oxygens (including phenoxy) is 2. The first-order valence-electron chi connectivity index (χ1n) is 7.89. The topological polar surface area (TPSA) is 102 Å². The maximum absolute atomic E-state index is 13.1. The molecule has 0 radical (unpaired) electrons. The molecule has 8 nitrogen and oxygen atoms in total. The maximum Gasteiger partial charge on any atom is 0.326 e. The van der Waals surface area contributed by atoms with Gasteiger partial charge >= 0.3 is 5.97 Å². The molecule has 0 spiro atoms. The number of methoxy groups -OCH3 is 2. The van der Waals surface area contributed by atoms with Gasteiger partial charge in [-0.3, -0.25) is 13.9 Å². The zero-order valence-electron chi connectivity index (χ0n) is 15.1. The van der Waals surface area contributed by atoms with Crippen LogP contribution >= 0.6 is 0 Å². The highest BCUT2D eigenvalue weighted by molar-refractivity contribution is 7.92. The minimum absolute atomic E-state index is 0.0386. The lowest BCUT2D eigenvalue weighted by molar-refractivity contribution is -0.138. The highest BCUT2D eigenvalue weighted by Gasteiger charge is 2.28. The number of nitrogens with zero attached hydrogens (tertiary/aromatic N) is 1. The molecule has 0 heterocycles. The number of hydrogen-bond donors (Lipinski definition) is 1. The van der Waals surface area contributed by atoms with Crippen molar-refractivity contribution in [1.82, 2.24) is 0 Å². The molecule has 1 amide bonds. The van der Waals surface area contributed by atoms with E-state index in [0.717, 1.165) is 4.31 Å². The van der Waals surface area contributed by atoms with Gasteiger partial charge in [0.05, 0.1) is 24.8 Å². The van der Waals surface area contributed by atoms with Crippen molar-refractivity contribution in [1.29, 1.82) is 0 Å². The summed E-state index contributed by atoms with van der Waals surface area (Å²) in [7, 11) is -1.43. The van der Waals surface area contributed by atoms with E-state index in [1.165, 1.54) is 51.5 Å². The molecule has 2 aromatic carbocycles. The van der Waals surface area contributed by atoms with Gasteiger partial charge in [-0.05, 0) is 36.4 Å². The largest absolute Gasteiger partial charge is 0.497 e. The minimum Gasteiger partial charge on any atom is -0.497 e. The van der Waals surface area contributed by atoms with Crippen LogP contribution in [0, 0.1) is 0 Å². The highest BCUT2D eigenvalue weighted by Crippen LogP contribution is 2.27. The van der Waals surface area contributed by atoms with Gasteiger partial charge in [-0.15, -0.1) is 0 Å². The predicted molar refractivity (Wildman–Crippen MR) is 100 cm³/mol. The standard InChI is InChI=1S/C18H20N2O6S/c1-13(21)19-14-7-9-17(10-8-14)27(23,24)20(12-18(22)26-3)15-5-4-6-16(11-15)25-2/h4-11H,12H2,1-3H3,(H,19,21). The van der Waals surface area contributed by atoms with E-state index in [1.54, 1.807) is 18.2 Å². The zero-order chi connectivity index (χ0) is 20.0. The number of nitrogens with one attached hydrogen (secondary N) is 1. The van der Waals surface area contributed by atoms with Gasteiger partial charge in [0.15, 0.2) is 0 Å². The van der Waals surface area contributed by atoms with Crippen molar-refractivity contribution in [2.45, 2.75) is 11.8 Å². The molecular formula is C18H20N2O6S. The van der Waals surface area contributed by atoms with E-state index in [9.17, 15) is 18.0 Å². The molecule has 0 aliphatic rings. The molecule has 27 heavy (non-hydrogen) atoms. The Balaban J connectivity index is 2.46. The second-order valence-electron chi connectivity index (χ2n) is 5.49. The number of carbonyl (C=O) groups is 2. The molecule has 0 saturated heterocycles. The van der Waals surface area contributed by atoms with Gasteiger partial charge in [-0.2, -0.15) is 0 Å². The van der Waals surface area contributed by atoms with E-state index in [1.807, 2.05) is 0 Å². The summed E-state index contributed by atoms with van der Waals surface area (Å²) < 4.78 is 36.9. The average molecular weight is 392 g/mol. The second-order valence-corrected chi connectivity index (χ2v) is 7.36. The third-order valence-electron chi connectivity index (χ3n) is 3.60. The summed E-state index contributed by atoms with van der Waals surface area (Å²) in [6.45, 7) is 0.852. The van der Waals surface area contributed by atoms with Crippen LogP contribution in [0.4, 0.5) is 11.4 Å².